The summed E-state index contributed by atoms with van der Waals surface area (Å²) in [5.41, 5.74) is 3.39. The maximum absolute atomic E-state index is 12.2. The summed E-state index contributed by atoms with van der Waals surface area (Å²) < 4.78 is 0. The molecule has 1 fully saturated rings. The van der Waals surface area contributed by atoms with Crippen LogP contribution in [0.5, 0.6) is 0 Å². The Morgan fingerprint density at radius 1 is 1.23 bits per heavy atom. The number of nitrogens with zero attached hydrogens (tertiary/aromatic N) is 1. The fourth-order valence-electron chi connectivity index (χ4n) is 4.40. The topological polar surface area (TPSA) is 60.2 Å². The zero-order valence-electron chi connectivity index (χ0n) is 18.5. The van der Waals surface area contributed by atoms with E-state index in [4.69, 9.17) is 0 Å². The van der Waals surface area contributed by atoms with Crippen LogP contribution >= 0.6 is 0 Å². The number of nitrogens with one attached hydrogen (secondary N) is 3. The van der Waals surface area contributed by atoms with E-state index in [1.807, 2.05) is 12.1 Å². The molecule has 5 nitrogen and oxygen atoms in total. The van der Waals surface area contributed by atoms with Crippen LogP contribution in [0.15, 0.2) is 37.1 Å². The second kappa shape index (κ2) is 11.8. The Morgan fingerprint density at radius 2 is 2.07 bits per heavy atom. The van der Waals surface area contributed by atoms with Gasteiger partial charge in [0.05, 0.1) is 0 Å². The van der Waals surface area contributed by atoms with Gasteiger partial charge >= 0.3 is 6.03 Å². The van der Waals surface area contributed by atoms with E-state index in [0.29, 0.717) is 12.5 Å². The Hall–Kier alpha value is -2.27. The van der Waals surface area contributed by atoms with Gasteiger partial charge in [-0.15, -0.1) is 6.58 Å². The van der Waals surface area contributed by atoms with Gasteiger partial charge in [-0.2, -0.15) is 0 Å². The fraction of sp³-hybridized carbons (Fsp3) is 0.560. The highest BCUT2D eigenvalue weighted by atomic mass is 16.2. The highest BCUT2D eigenvalue weighted by Gasteiger charge is 2.22. The standard InChI is InChI=1S/C25H38N4O/c1-3-5-7-8-14-26-25(30)28-21-10-11-24-22(18-21)23(19-27-24)20-12-16-29(17-13-20)15-9-6-4-2/h3,10-11,18-20,27H,1,4-9,12-17H2,2H3,(H2,26,28,30). The molecule has 1 saturated heterocycles. The largest absolute Gasteiger partial charge is 0.361 e. The average molecular weight is 411 g/mol. The van der Waals surface area contributed by atoms with Gasteiger partial charge in [-0.1, -0.05) is 25.8 Å². The number of urea groups is 1. The number of hydrogen-bond acceptors (Lipinski definition) is 2. The summed E-state index contributed by atoms with van der Waals surface area (Å²) in [4.78, 5) is 18.2. The third kappa shape index (κ3) is 6.36. The molecule has 0 atom stereocenters. The molecule has 0 spiro atoms. The van der Waals surface area contributed by atoms with Crippen molar-refractivity contribution in [2.24, 2.45) is 0 Å². The second-order valence-electron chi connectivity index (χ2n) is 8.49. The van der Waals surface area contributed by atoms with Gasteiger partial charge in [-0.3, -0.25) is 0 Å². The quantitative estimate of drug-likeness (QED) is 0.313. The zero-order valence-corrected chi connectivity index (χ0v) is 18.5. The van der Waals surface area contributed by atoms with Crippen LogP contribution in [0.1, 0.15) is 69.8 Å². The summed E-state index contributed by atoms with van der Waals surface area (Å²) in [6.07, 6.45) is 13.5. The molecular weight excluding hydrogens is 372 g/mol. The number of carbonyl (C=O) groups is 1. The molecule has 3 rings (SSSR count). The van der Waals surface area contributed by atoms with Crippen LogP contribution in [-0.2, 0) is 0 Å². The minimum Gasteiger partial charge on any atom is -0.361 e. The molecule has 1 aliphatic heterocycles. The summed E-state index contributed by atoms with van der Waals surface area (Å²) in [6.45, 7) is 10.3. The van der Waals surface area contributed by atoms with E-state index in [1.54, 1.807) is 0 Å². The molecule has 1 aliphatic rings. The van der Waals surface area contributed by atoms with Gasteiger partial charge in [0, 0.05) is 29.3 Å². The van der Waals surface area contributed by atoms with E-state index in [1.165, 1.54) is 62.7 Å². The van der Waals surface area contributed by atoms with Crippen LogP contribution in [-0.4, -0.2) is 42.1 Å². The number of hydrogen-bond donors (Lipinski definition) is 3. The summed E-state index contributed by atoms with van der Waals surface area (Å²) in [5.74, 6) is 0.593. The number of fused-ring (bicyclic) bond motifs is 1. The predicted molar refractivity (Wildman–Crippen MR) is 127 cm³/mol. The first-order valence-electron chi connectivity index (χ1n) is 11.7. The number of carbonyl (C=O) groups excluding carboxylic acids is 1. The lowest BCUT2D eigenvalue weighted by atomic mass is 9.89. The van der Waals surface area contributed by atoms with E-state index in [2.05, 4.69) is 52.3 Å². The molecule has 5 heteroatoms. The minimum atomic E-state index is -0.134. The van der Waals surface area contributed by atoms with Crippen molar-refractivity contribution >= 4 is 22.6 Å². The number of rotatable bonds is 11. The van der Waals surface area contributed by atoms with Crippen molar-refractivity contribution in [1.29, 1.82) is 0 Å². The van der Waals surface area contributed by atoms with Crippen LogP contribution in [0.3, 0.4) is 0 Å². The molecule has 2 amide bonds. The number of aromatic nitrogens is 1. The maximum Gasteiger partial charge on any atom is 0.319 e. The van der Waals surface area contributed by atoms with Gasteiger partial charge < -0.3 is 20.5 Å². The molecule has 1 aromatic heterocycles. The lowest BCUT2D eigenvalue weighted by molar-refractivity contribution is 0.209. The van der Waals surface area contributed by atoms with Crippen LogP contribution < -0.4 is 10.6 Å². The van der Waals surface area contributed by atoms with Gasteiger partial charge in [0.15, 0.2) is 0 Å². The van der Waals surface area contributed by atoms with Crippen molar-refractivity contribution in [2.45, 2.75) is 64.2 Å². The smallest absolute Gasteiger partial charge is 0.319 e. The number of amides is 2. The van der Waals surface area contributed by atoms with Gasteiger partial charge in [-0.25, -0.2) is 4.79 Å². The van der Waals surface area contributed by atoms with Gasteiger partial charge in [0.1, 0.15) is 0 Å². The lowest BCUT2D eigenvalue weighted by Gasteiger charge is -2.32. The van der Waals surface area contributed by atoms with E-state index in [-0.39, 0.29) is 6.03 Å². The first-order chi connectivity index (χ1) is 14.7. The third-order valence-electron chi connectivity index (χ3n) is 6.20. The Bertz CT molecular complexity index is 805. The number of H-pyrrole nitrogens is 1. The average Bonchev–Trinajstić information content (AvgIpc) is 3.17. The molecule has 3 N–H and O–H groups in total. The van der Waals surface area contributed by atoms with Crippen molar-refractivity contribution in [1.82, 2.24) is 15.2 Å². The Morgan fingerprint density at radius 3 is 2.83 bits per heavy atom. The number of anilines is 1. The maximum atomic E-state index is 12.2. The van der Waals surface area contributed by atoms with E-state index in [0.717, 1.165) is 30.5 Å². The molecule has 0 radical (unpaired) electrons. The summed E-state index contributed by atoms with van der Waals surface area (Å²) in [6, 6.07) is 6.02. The van der Waals surface area contributed by atoms with Crippen molar-refractivity contribution in [2.75, 3.05) is 31.5 Å². The van der Waals surface area contributed by atoms with Gasteiger partial charge in [-0.05, 0) is 87.8 Å². The van der Waals surface area contributed by atoms with Crippen LogP contribution in [0.2, 0.25) is 0 Å². The van der Waals surface area contributed by atoms with E-state index < -0.39 is 0 Å². The van der Waals surface area contributed by atoms with Crippen molar-refractivity contribution < 1.29 is 4.79 Å². The molecule has 164 valence electrons. The predicted octanol–water partition coefficient (Wildman–Crippen LogP) is 6.02. The first kappa shape index (κ1) is 22.4. The summed E-state index contributed by atoms with van der Waals surface area (Å²) in [7, 11) is 0. The first-order valence-corrected chi connectivity index (χ1v) is 11.7. The third-order valence-corrected chi connectivity index (χ3v) is 6.20. The SMILES string of the molecule is C=CCCCCNC(=O)Nc1ccc2[nH]cc(C3CCN(CCCCC)CC3)c2c1. The lowest BCUT2D eigenvalue weighted by Crippen LogP contribution is -2.33. The highest BCUT2D eigenvalue weighted by molar-refractivity contribution is 5.94. The van der Waals surface area contributed by atoms with Gasteiger partial charge in [0.25, 0.3) is 0 Å². The molecule has 0 bridgehead atoms. The van der Waals surface area contributed by atoms with Crippen LogP contribution in [0.25, 0.3) is 10.9 Å². The number of likely N-dealkylation sites (tertiary alicyclic amines) is 1. The number of piperidine rings is 1. The molecule has 0 aliphatic carbocycles. The molecule has 0 unspecified atom stereocenters. The van der Waals surface area contributed by atoms with Crippen LogP contribution in [0.4, 0.5) is 10.5 Å². The number of benzene rings is 1. The highest BCUT2D eigenvalue weighted by Crippen LogP contribution is 2.34. The molecule has 2 heterocycles. The van der Waals surface area contributed by atoms with Crippen molar-refractivity contribution in [3.8, 4) is 0 Å². The fourth-order valence-corrected chi connectivity index (χ4v) is 4.40. The molecule has 30 heavy (non-hydrogen) atoms. The molecular formula is C25H38N4O. The minimum absolute atomic E-state index is 0.134. The van der Waals surface area contributed by atoms with Gasteiger partial charge in [0.2, 0.25) is 0 Å². The molecule has 0 saturated carbocycles. The van der Waals surface area contributed by atoms with E-state index >= 15 is 0 Å². The van der Waals surface area contributed by atoms with Crippen molar-refractivity contribution in [3.63, 3.8) is 0 Å². The van der Waals surface area contributed by atoms with Crippen LogP contribution in [0, 0.1) is 0 Å². The number of aromatic amines is 1. The monoisotopic (exact) mass is 410 g/mol. The Labute approximate surface area is 181 Å². The number of unbranched alkanes of at least 4 members (excludes halogenated alkanes) is 4. The molecule has 2 aromatic rings. The zero-order chi connectivity index (χ0) is 21.2. The molecule has 1 aromatic carbocycles. The Balaban J connectivity index is 1.55. The number of allylic oxidation sites excluding steroid dienone is 1. The normalized spacial score (nSPS) is 15.4. The Kier molecular flexibility index (Phi) is 8.81. The summed E-state index contributed by atoms with van der Waals surface area (Å²) in [5, 5.41) is 7.17. The second-order valence-corrected chi connectivity index (χ2v) is 8.49. The van der Waals surface area contributed by atoms with Crippen molar-refractivity contribution in [3.05, 3.63) is 42.6 Å². The summed E-state index contributed by atoms with van der Waals surface area (Å²) >= 11 is 0. The van der Waals surface area contributed by atoms with E-state index in [9.17, 15) is 4.79 Å².